The summed E-state index contributed by atoms with van der Waals surface area (Å²) in [6.45, 7) is 7.28. The number of hydrogen-bond acceptors (Lipinski definition) is 6. The number of benzene rings is 1. The average molecular weight is 480 g/mol. The zero-order chi connectivity index (χ0) is 24.6. The maximum atomic E-state index is 13.3. The van der Waals surface area contributed by atoms with Crippen LogP contribution in [0.25, 0.3) is 10.9 Å². The second-order valence-electron chi connectivity index (χ2n) is 9.74. The smallest absolute Gasteiger partial charge is 0.406 e. The number of rotatable bonds is 6. The number of carbonyl (C=O) groups excluding carboxylic acids is 1. The van der Waals surface area contributed by atoms with Gasteiger partial charge in [0.1, 0.15) is 23.9 Å². The van der Waals surface area contributed by atoms with Crippen LogP contribution in [0, 0.1) is 5.92 Å². The van der Waals surface area contributed by atoms with Crippen LogP contribution >= 0.6 is 0 Å². The summed E-state index contributed by atoms with van der Waals surface area (Å²) in [6, 6.07) is 4.64. The van der Waals surface area contributed by atoms with Crippen LogP contribution in [-0.4, -0.2) is 69.8 Å². The fraction of sp³-hybridized carbons (Fsp3) is 0.625. The molecular formula is C24H32F3N5O2. The van der Waals surface area contributed by atoms with Crippen LogP contribution in [-0.2, 0) is 4.79 Å². The van der Waals surface area contributed by atoms with Gasteiger partial charge in [0.2, 0.25) is 5.91 Å². The number of aromatic nitrogens is 2. The van der Waals surface area contributed by atoms with Gasteiger partial charge in [-0.2, -0.15) is 0 Å². The van der Waals surface area contributed by atoms with Gasteiger partial charge in [0, 0.05) is 30.1 Å². The number of nitrogens with one attached hydrogen (secondary N) is 1. The van der Waals surface area contributed by atoms with Gasteiger partial charge in [-0.05, 0) is 70.7 Å². The number of fused-ring (bicyclic) bond motifs is 1. The van der Waals surface area contributed by atoms with Crippen LogP contribution in [0.15, 0.2) is 24.5 Å². The molecule has 1 aromatic heterocycles. The molecule has 2 aromatic rings. The molecule has 1 N–H and O–H groups in total. The second kappa shape index (κ2) is 9.56. The molecule has 2 aliphatic rings. The number of halogens is 3. The number of nitrogens with zero attached hydrogens (tertiary/aromatic N) is 4. The third-order valence-electron chi connectivity index (χ3n) is 7.28. The first-order chi connectivity index (χ1) is 16.0. The molecule has 1 aliphatic carbocycles. The van der Waals surface area contributed by atoms with E-state index in [1.807, 2.05) is 4.90 Å². The van der Waals surface area contributed by atoms with Gasteiger partial charge < -0.3 is 19.9 Å². The molecule has 4 atom stereocenters. The molecule has 7 nitrogen and oxygen atoms in total. The van der Waals surface area contributed by atoms with E-state index in [9.17, 15) is 18.0 Å². The van der Waals surface area contributed by atoms with Crippen molar-refractivity contribution >= 4 is 22.6 Å². The molecule has 2 fully saturated rings. The molecule has 4 rings (SSSR count). The van der Waals surface area contributed by atoms with Crippen molar-refractivity contribution in [3.05, 3.63) is 24.5 Å². The highest BCUT2D eigenvalue weighted by Gasteiger charge is 2.41. The lowest BCUT2D eigenvalue weighted by atomic mass is 9.81. The van der Waals surface area contributed by atoms with E-state index < -0.39 is 12.4 Å². The number of anilines is 1. The Morgan fingerprint density at radius 3 is 2.65 bits per heavy atom. The number of carbonyl (C=O) groups is 1. The molecule has 1 aliphatic heterocycles. The monoisotopic (exact) mass is 479 g/mol. The average Bonchev–Trinajstić information content (AvgIpc) is 3.12. The van der Waals surface area contributed by atoms with E-state index in [1.54, 1.807) is 0 Å². The molecule has 1 aromatic carbocycles. The molecule has 0 radical (unpaired) electrons. The summed E-state index contributed by atoms with van der Waals surface area (Å²) in [6.07, 6.45) is 0.237. The van der Waals surface area contributed by atoms with Crippen LogP contribution in [0.5, 0.6) is 5.75 Å². The molecule has 2 heterocycles. The van der Waals surface area contributed by atoms with E-state index in [0.717, 1.165) is 19.3 Å². The Labute approximate surface area is 197 Å². The summed E-state index contributed by atoms with van der Waals surface area (Å²) in [5.74, 6) is 0.383. The molecule has 186 valence electrons. The minimum Gasteiger partial charge on any atom is -0.406 e. The van der Waals surface area contributed by atoms with Crippen molar-refractivity contribution in [1.29, 1.82) is 0 Å². The van der Waals surface area contributed by atoms with Crippen LogP contribution < -0.4 is 10.1 Å². The minimum absolute atomic E-state index is 0.0157. The predicted octanol–water partition coefficient (Wildman–Crippen LogP) is 4.44. The number of amides is 1. The zero-order valence-electron chi connectivity index (χ0n) is 20.0. The molecule has 10 heteroatoms. The van der Waals surface area contributed by atoms with Gasteiger partial charge in [-0.25, -0.2) is 9.97 Å². The lowest BCUT2D eigenvalue weighted by molar-refractivity contribution is -0.274. The predicted molar refractivity (Wildman–Crippen MR) is 123 cm³/mol. The Morgan fingerprint density at radius 2 is 1.97 bits per heavy atom. The SMILES string of the molecule is CC(C)N(C)[C@@H]1CC[C@H](N2CCC(Nc3ncnc4ccc(OC(F)(F)F)cc34)C2=O)[C@H](C)C1. The molecule has 1 amide bonds. The summed E-state index contributed by atoms with van der Waals surface area (Å²) < 4.78 is 42.0. The van der Waals surface area contributed by atoms with Crippen molar-refractivity contribution < 1.29 is 22.7 Å². The van der Waals surface area contributed by atoms with Crippen molar-refractivity contribution in [2.45, 2.75) is 77.0 Å². The van der Waals surface area contributed by atoms with Crippen LogP contribution in [0.3, 0.4) is 0 Å². The maximum absolute atomic E-state index is 13.3. The summed E-state index contributed by atoms with van der Waals surface area (Å²) in [5, 5.41) is 3.54. The van der Waals surface area contributed by atoms with E-state index in [0.29, 0.717) is 47.7 Å². The van der Waals surface area contributed by atoms with E-state index >= 15 is 0 Å². The lowest BCUT2D eigenvalue weighted by Gasteiger charge is -2.43. The van der Waals surface area contributed by atoms with Crippen molar-refractivity contribution in [3.8, 4) is 5.75 Å². The molecule has 34 heavy (non-hydrogen) atoms. The second-order valence-corrected chi connectivity index (χ2v) is 9.74. The zero-order valence-corrected chi connectivity index (χ0v) is 20.0. The number of alkyl halides is 3. The fourth-order valence-corrected chi connectivity index (χ4v) is 5.28. The molecule has 1 saturated carbocycles. The third-order valence-corrected chi connectivity index (χ3v) is 7.28. The number of likely N-dealkylation sites (tertiary alicyclic amines) is 1. The first-order valence-corrected chi connectivity index (χ1v) is 11.8. The van der Waals surface area contributed by atoms with Gasteiger partial charge in [-0.15, -0.1) is 13.2 Å². The van der Waals surface area contributed by atoms with Crippen molar-refractivity contribution in [2.24, 2.45) is 5.92 Å². The molecule has 0 bridgehead atoms. The first-order valence-electron chi connectivity index (χ1n) is 11.8. The van der Waals surface area contributed by atoms with Crippen LogP contribution in [0.1, 0.15) is 46.5 Å². The summed E-state index contributed by atoms with van der Waals surface area (Å²) in [4.78, 5) is 26.0. The quantitative estimate of drug-likeness (QED) is 0.661. The standard InChI is InChI=1S/C24H32F3N5O2/c1-14(2)31(4)16-5-8-21(15(3)11-16)32-10-9-20(23(32)33)30-22-18-12-17(34-24(25,26)27)6-7-19(18)28-13-29-22/h6-7,12-16,20-21H,5,8-11H2,1-4H3,(H,28,29,30)/t15-,16-,20?,21+/m1/s1. The van der Waals surface area contributed by atoms with Crippen LogP contribution in [0.4, 0.5) is 19.0 Å². The highest BCUT2D eigenvalue weighted by atomic mass is 19.4. The molecule has 1 saturated heterocycles. The Hall–Kier alpha value is -2.62. The lowest BCUT2D eigenvalue weighted by Crippen LogP contribution is -2.50. The van der Waals surface area contributed by atoms with Crippen molar-refractivity contribution in [2.75, 3.05) is 18.9 Å². The first kappa shape index (κ1) is 24.5. The molecule has 0 spiro atoms. The van der Waals surface area contributed by atoms with Gasteiger partial charge in [-0.1, -0.05) is 6.92 Å². The Kier molecular flexibility index (Phi) is 6.89. The van der Waals surface area contributed by atoms with Gasteiger partial charge >= 0.3 is 6.36 Å². The van der Waals surface area contributed by atoms with Gasteiger partial charge in [-0.3, -0.25) is 4.79 Å². The minimum atomic E-state index is -4.79. The Morgan fingerprint density at radius 1 is 1.21 bits per heavy atom. The maximum Gasteiger partial charge on any atom is 0.573 e. The van der Waals surface area contributed by atoms with E-state index in [2.05, 4.69) is 52.7 Å². The number of hydrogen-bond donors (Lipinski definition) is 1. The highest BCUT2D eigenvalue weighted by Crippen LogP contribution is 2.35. The molecular weight excluding hydrogens is 447 g/mol. The van der Waals surface area contributed by atoms with Crippen molar-refractivity contribution in [3.63, 3.8) is 0 Å². The fourth-order valence-electron chi connectivity index (χ4n) is 5.28. The largest absolute Gasteiger partial charge is 0.573 e. The molecule has 1 unspecified atom stereocenters. The Balaban J connectivity index is 1.46. The summed E-state index contributed by atoms with van der Waals surface area (Å²) in [5.41, 5.74) is 0.468. The summed E-state index contributed by atoms with van der Waals surface area (Å²) >= 11 is 0. The topological polar surface area (TPSA) is 70.6 Å². The highest BCUT2D eigenvalue weighted by molar-refractivity contribution is 5.93. The van der Waals surface area contributed by atoms with E-state index in [4.69, 9.17) is 0 Å². The van der Waals surface area contributed by atoms with Gasteiger partial charge in [0.15, 0.2) is 0 Å². The van der Waals surface area contributed by atoms with E-state index in [-0.39, 0.29) is 17.7 Å². The van der Waals surface area contributed by atoms with Crippen molar-refractivity contribution in [1.82, 2.24) is 19.8 Å². The normalized spacial score (nSPS) is 26.0. The summed E-state index contributed by atoms with van der Waals surface area (Å²) in [7, 11) is 2.17. The van der Waals surface area contributed by atoms with Gasteiger partial charge in [0.05, 0.1) is 5.52 Å². The third kappa shape index (κ3) is 5.21. The van der Waals surface area contributed by atoms with Crippen LogP contribution in [0.2, 0.25) is 0 Å². The van der Waals surface area contributed by atoms with Gasteiger partial charge in [0.25, 0.3) is 0 Å². The number of ether oxygens (including phenoxy) is 1. The van der Waals surface area contributed by atoms with E-state index in [1.165, 1.54) is 24.5 Å². The Bertz CT molecular complexity index is 1030.